The lowest BCUT2D eigenvalue weighted by Gasteiger charge is -2.43. The molecule has 0 aromatic heterocycles. The van der Waals surface area contributed by atoms with E-state index in [9.17, 15) is 13.2 Å². The van der Waals surface area contributed by atoms with E-state index in [-0.39, 0.29) is 29.5 Å². The van der Waals surface area contributed by atoms with E-state index in [1.54, 1.807) is 12.1 Å². The second kappa shape index (κ2) is 10.5. The molecule has 2 aliphatic heterocycles. The summed E-state index contributed by atoms with van der Waals surface area (Å²) < 4.78 is 39.4. The minimum atomic E-state index is -3.60. The summed E-state index contributed by atoms with van der Waals surface area (Å²) in [4.78, 5) is 15.4. The number of amides is 1. The second-order valence-electron chi connectivity index (χ2n) is 8.84. The smallest absolute Gasteiger partial charge is 0.243 e. The second-order valence-corrected chi connectivity index (χ2v) is 10.8. The molecule has 8 nitrogen and oxygen atoms in total. The topological polar surface area (TPSA) is 88.2 Å². The Bertz CT molecular complexity index is 899. The number of morpholine rings is 1. The van der Waals surface area contributed by atoms with Crippen LogP contribution in [0.1, 0.15) is 51.9 Å². The van der Waals surface area contributed by atoms with Gasteiger partial charge in [-0.2, -0.15) is 4.31 Å². The van der Waals surface area contributed by atoms with Gasteiger partial charge in [-0.3, -0.25) is 9.69 Å². The molecule has 2 atom stereocenters. The summed E-state index contributed by atoms with van der Waals surface area (Å²) in [6.45, 7) is 5.00. The average Bonchev–Trinajstić information content (AvgIpc) is 2.81. The third-order valence-electron chi connectivity index (χ3n) is 6.67. The quantitative estimate of drug-likeness (QED) is 0.666. The maximum absolute atomic E-state index is 13.1. The van der Waals surface area contributed by atoms with Crippen LogP contribution in [-0.2, 0) is 19.6 Å². The lowest BCUT2D eigenvalue weighted by atomic mass is 9.90. The van der Waals surface area contributed by atoms with E-state index in [0.717, 1.165) is 45.1 Å². The predicted molar refractivity (Wildman–Crippen MR) is 122 cm³/mol. The highest BCUT2D eigenvalue weighted by Crippen LogP contribution is 2.31. The van der Waals surface area contributed by atoms with Crippen LogP contribution in [-0.4, -0.2) is 75.1 Å². The summed E-state index contributed by atoms with van der Waals surface area (Å²) in [5.74, 6) is 0.320. The lowest BCUT2D eigenvalue weighted by molar-refractivity contribution is -0.124. The average molecular weight is 466 g/mol. The first-order valence-corrected chi connectivity index (χ1v) is 13.4. The van der Waals surface area contributed by atoms with Crippen molar-refractivity contribution in [3.8, 4) is 5.75 Å². The number of nitrogens with one attached hydrogen (secondary N) is 1. The summed E-state index contributed by atoms with van der Waals surface area (Å²) >= 11 is 0. The molecule has 2 unspecified atom stereocenters. The van der Waals surface area contributed by atoms with Crippen molar-refractivity contribution >= 4 is 21.6 Å². The molecule has 1 aliphatic carbocycles. The summed E-state index contributed by atoms with van der Waals surface area (Å²) in [7, 11) is -3.60. The zero-order valence-corrected chi connectivity index (χ0v) is 19.7. The van der Waals surface area contributed by atoms with Crippen LogP contribution in [0.3, 0.4) is 0 Å². The van der Waals surface area contributed by atoms with Gasteiger partial charge in [-0.05, 0) is 50.8 Å². The van der Waals surface area contributed by atoms with Crippen LogP contribution in [0.4, 0.5) is 5.69 Å². The molecule has 3 fully saturated rings. The highest BCUT2D eigenvalue weighted by Gasteiger charge is 2.35. The number of carbonyl (C=O) groups excluding carboxylic acids is 1. The first-order valence-electron chi connectivity index (χ1n) is 11.9. The monoisotopic (exact) mass is 465 g/mol. The van der Waals surface area contributed by atoms with Gasteiger partial charge in [0.25, 0.3) is 0 Å². The minimum absolute atomic E-state index is 0.162. The van der Waals surface area contributed by atoms with Crippen LogP contribution < -0.4 is 10.1 Å². The fraction of sp³-hybridized carbons (Fsp3) is 0.696. The molecule has 9 heteroatoms. The highest BCUT2D eigenvalue weighted by molar-refractivity contribution is 7.89. The number of piperidine rings is 1. The van der Waals surface area contributed by atoms with Gasteiger partial charge < -0.3 is 14.8 Å². The van der Waals surface area contributed by atoms with E-state index in [1.807, 2.05) is 6.92 Å². The van der Waals surface area contributed by atoms with Crippen molar-refractivity contribution in [1.29, 1.82) is 0 Å². The number of hydrogen-bond acceptors (Lipinski definition) is 6. The maximum atomic E-state index is 13.1. The summed E-state index contributed by atoms with van der Waals surface area (Å²) in [5, 5.41) is 2.92. The molecule has 0 spiro atoms. The van der Waals surface area contributed by atoms with Crippen LogP contribution in [0.5, 0.6) is 5.75 Å². The Morgan fingerprint density at radius 3 is 2.69 bits per heavy atom. The number of nitrogens with zero attached hydrogens (tertiary/aromatic N) is 2. The normalized spacial score (nSPS) is 25.2. The molecule has 2 heterocycles. The van der Waals surface area contributed by atoms with E-state index < -0.39 is 10.0 Å². The van der Waals surface area contributed by atoms with Crippen molar-refractivity contribution in [2.24, 2.45) is 0 Å². The molecule has 2 saturated heterocycles. The number of benzene rings is 1. The Labute approximate surface area is 191 Å². The molecule has 3 aliphatic rings. The van der Waals surface area contributed by atoms with Gasteiger partial charge >= 0.3 is 0 Å². The van der Waals surface area contributed by atoms with E-state index in [1.165, 1.54) is 16.8 Å². The minimum Gasteiger partial charge on any atom is -0.492 e. The molecule has 1 aromatic rings. The van der Waals surface area contributed by atoms with Crippen LogP contribution in [0.15, 0.2) is 23.1 Å². The van der Waals surface area contributed by atoms with Crippen molar-refractivity contribution in [3.63, 3.8) is 0 Å². The molecule has 0 radical (unpaired) electrons. The lowest BCUT2D eigenvalue weighted by Crippen LogP contribution is -2.54. The summed E-state index contributed by atoms with van der Waals surface area (Å²) in [6, 6.07) is 5.02. The maximum Gasteiger partial charge on any atom is 0.243 e. The van der Waals surface area contributed by atoms with Crippen molar-refractivity contribution in [3.05, 3.63) is 18.2 Å². The van der Waals surface area contributed by atoms with Gasteiger partial charge in [-0.25, -0.2) is 8.42 Å². The van der Waals surface area contributed by atoms with E-state index in [0.29, 0.717) is 37.7 Å². The van der Waals surface area contributed by atoms with Crippen molar-refractivity contribution < 1.29 is 22.7 Å². The first-order chi connectivity index (χ1) is 15.5. The van der Waals surface area contributed by atoms with Gasteiger partial charge in [0.1, 0.15) is 5.75 Å². The molecule has 4 rings (SSSR count). The zero-order valence-electron chi connectivity index (χ0n) is 18.9. The number of rotatable bonds is 7. The van der Waals surface area contributed by atoms with Crippen molar-refractivity contribution in [2.45, 2.75) is 68.9 Å². The number of ether oxygens (including phenoxy) is 2. The van der Waals surface area contributed by atoms with Gasteiger partial charge in [-0.15, -0.1) is 0 Å². The molecule has 1 aromatic carbocycles. The first kappa shape index (κ1) is 23.5. The number of fused-ring (bicyclic) bond motifs is 1. The Morgan fingerprint density at radius 1 is 1.12 bits per heavy atom. The van der Waals surface area contributed by atoms with Gasteiger partial charge in [0.05, 0.1) is 36.4 Å². The van der Waals surface area contributed by atoms with E-state index in [2.05, 4.69) is 10.2 Å². The van der Waals surface area contributed by atoms with Crippen LogP contribution in [0.25, 0.3) is 0 Å². The van der Waals surface area contributed by atoms with E-state index in [4.69, 9.17) is 9.47 Å². The zero-order chi connectivity index (χ0) is 22.6. The van der Waals surface area contributed by atoms with E-state index >= 15 is 0 Å². The Kier molecular flexibility index (Phi) is 7.70. The highest BCUT2D eigenvalue weighted by atomic mass is 32.2. The van der Waals surface area contributed by atoms with Gasteiger partial charge in [0.15, 0.2) is 0 Å². The van der Waals surface area contributed by atoms with Gasteiger partial charge in [-0.1, -0.05) is 19.3 Å². The van der Waals surface area contributed by atoms with Crippen LogP contribution in [0.2, 0.25) is 0 Å². The number of anilines is 1. The molecule has 178 valence electrons. The van der Waals surface area contributed by atoms with Gasteiger partial charge in [0, 0.05) is 25.7 Å². The fourth-order valence-corrected chi connectivity index (χ4v) is 6.59. The number of sulfonamides is 1. The molecular weight excluding hydrogens is 430 g/mol. The van der Waals surface area contributed by atoms with Crippen LogP contribution in [0, 0.1) is 0 Å². The molecule has 32 heavy (non-hydrogen) atoms. The largest absolute Gasteiger partial charge is 0.492 e. The van der Waals surface area contributed by atoms with Crippen molar-refractivity contribution in [2.75, 3.05) is 44.7 Å². The molecule has 1 N–H and O–H groups in total. The molecule has 1 saturated carbocycles. The molecule has 1 amide bonds. The third kappa shape index (κ3) is 5.27. The fourth-order valence-electron chi connectivity index (χ4n) is 5.05. The van der Waals surface area contributed by atoms with Crippen LogP contribution >= 0.6 is 0 Å². The Balaban J connectivity index is 1.49. The molecular formula is C23H35N3O5S. The SMILES string of the molecule is CCOc1ccc(S(=O)(=O)N2CCCCC2)cc1NC(=O)CN1CCOC2CCCCC21. The molecule has 0 bridgehead atoms. The third-order valence-corrected chi connectivity index (χ3v) is 8.57. The standard InChI is InChI=1S/C23H35N3O5S/c1-2-30-21-11-10-18(32(28,29)26-12-6-3-7-13-26)16-19(21)24-23(27)17-25-14-15-31-22-9-5-4-8-20(22)25/h10-11,16,20,22H,2-9,12-15,17H2,1H3,(H,24,27). The summed E-state index contributed by atoms with van der Waals surface area (Å²) in [6.07, 6.45) is 7.45. The predicted octanol–water partition coefficient (Wildman–Crippen LogP) is 2.84. The Hall–Kier alpha value is -1.68. The Morgan fingerprint density at radius 2 is 1.91 bits per heavy atom. The number of carbonyl (C=O) groups is 1. The van der Waals surface area contributed by atoms with Gasteiger partial charge in [0.2, 0.25) is 15.9 Å². The van der Waals surface area contributed by atoms with Crippen molar-refractivity contribution in [1.82, 2.24) is 9.21 Å². The summed E-state index contributed by atoms with van der Waals surface area (Å²) in [5.41, 5.74) is 0.406. The number of hydrogen-bond donors (Lipinski definition) is 1.